The standard InChI is InChI=1S/C17H16ClN3O2S/c18-13-7-5-12(6-8-13)15(22)21-11-2-1-4-14(16(21)23)24-17-19-9-3-10-20-17/h3,5-10,14H,1-2,4,11H2. The lowest BCUT2D eigenvalue weighted by Gasteiger charge is -2.22. The quantitative estimate of drug-likeness (QED) is 0.619. The van der Waals surface area contributed by atoms with Crippen LogP contribution in [0.25, 0.3) is 0 Å². The first kappa shape index (κ1) is 16.9. The molecule has 7 heteroatoms. The van der Waals surface area contributed by atoms with E-state index in [1.54, 1.807) is 42.7 Å². The summed E-state index contributed by atoms with van der Waals surface area (Å²) in [5, 5.41) is 0.770. The molecule has 1 aromatic carbocycles. The van der Waals surface area contributed by atoms with Gasteiger partial charge in [-0.25, -0.2) is 9.97 Å². The molecular formula is C17H16ClN3O2S. The summed E-state index contributed by atoms with van der Waals surface area (Å²) in [5.74, 6) is -0.456. The van der Waals surface area contributed by atoms with Crippen LogP contribution >= 0.6 is 23.4 Å². The molecule has 124 valence electrons. The van der Waals surface area contributed by atoms with Crippen LogP contribution in [0.4, 0.5) is 0 Å². The number of carbonyl (C=O) groups is 2. The zero-order valence-electron chi connectivity index (χ0n) is 12.9. The average Bonchev–Trinajstić information content (AvgIpc) is 2.78. The molecule has 24 heavy (non-hydrogen) atoms. The zero-order chi connectivity index (χ0) is 16.9. The van der Waals surface area contributed by atoms with Gasteiger partial charge in [0, 0.05) is 29.5 Å². The minimum Gasteiger partial charge on any atom is -0.278 e. The van der Waals surface area contributed by atoms with Crippen LogP contribution in [-0.4, -0.2) is 38.5 Å². The molecule has 0 saturated carbocycles. The van der Waals surface area contributed by atoms with Gasteiger partial charge < -0.3 is 0 Å². The van der Waals surface area contributed by atoms with E-state index in [1.165, 1.54) is 16.7 Å². The Kier molecular flexibility index (Phi) is 5.48. The number of rotatable bonds is 3. The summed E-state index contributed by atoms with van der Waals surface area (Å²) < 4.78 is 0. The van der Waals surface area contributed by atoms with Crippen molar-refractivity contribution >= 4 is 35.2 Å². The van der Waals surface area contributed by atoms with Crippen molar-refractivity contribution in [3.05, 3.63) is 53.3 Å². The van der Waals surface area contributed by atoms with Crippen molar-refractivity contribution in [1.29, 1.82) is 0 Å². The zero-order valence-corrected chi connectivity index (χ0v) is 14.5. The number of nitrogens with zero attached hydrogens (tertiary/aromatic N) is 3. The molecule has 0 spiro atoms. The van der Waals surface area contributed by atoms with Crippen LogP contribution in [0.2, 0.25) is 5.02 Å². The lowest BCUT2D eigenvalue weighted by atomic mass is 10.2. The minimum absolute atomic E-state index is 0.176. The Morgan fingerprint density at radius 3 is 2.58 bits per heavy atom. The number of hydrogen-bond acceptors (Lipinski definition) is 5. The molecule has 0 aliphatic carbocycles. The summed E-state index contributed by atoms with van der Waals surface area (Å²) in [5.41, 5.74) is 0.467. The summed E-state index contributed by atoms with van der Waals surface area (Å²) in [6.45, 7) is 0.437. The highest BCUT2D eigenvalue weighted by Gasteiger charge is 2.32. The van der Waals surface area contributed by atoms with E-state index in [0.29, 0.717) is 28.7 Å². The van der Waals surface area contributed by atoms with E-state index < -0.39 is 0 Å². The van der Waals surface area contributed by atoms with Gasteiger partial charge in [0.25, 0.3) is 5.91 Å². The van der Waals surface area contributed by atoms with E-state index in [1.807, 2.05) is 0 Å². The van der Waals surface area contributed by atoms with Gasteiger partial charge in [-0.15, -0.1) is 0 Å². The van der Waals surface area contributed by atoms with Crippen LogP contribution in [-0.2, 0) is 4.79 Å². The summed E-state index contributed by atoms with van der Waals surface area (Å²) in [6.07, 6.45) is 5.70. The molecule has 2 aromatic rings. The number of benzene rings is 1. The second-order valence-electron chi connectivity index (χ2n) is 5.44. The van der Waals surface area contributed by atoms with Crippen LogP contribution in [0.3, 0.4) is 0 Å². The van der Waals surface area contributed by atoms with Crippen molar-refractivity contribution in [3.63, 3.8) is 0 Å². The van der Waals surface area contributed by atoms with E-state index >= 15 is 0 Å². The van der Waals surface area contributed by atoms with E-state index in [9.17, 15) is 9.59 Å². The summed E-state index contributed by atoms with van der Waals surface area (Å²) >= 11 is 7.18. The number of aromatic nitrogens is 2. The van der Waals surface area contributed by atoms with Crippen molar-refractivity contribution in [2.45, 2.75) is 29.7 Å². The van der Waals surface area contributed by atoms with E-state index in [4.69, 9.17) is 11.6 Å². The van der Waals surface area contributed by atoms with E-state index in [-0.39, 0.29) is 17.1 Å². The molecule has 1 saturated heterocycles. The Hall–Kier alpha value is -1.92. The van der Waals surface area contributed by atoms with Crippen molar-refractivity contribution in [2.75, 3.05) is 6.54 Å². The maximum Gasteiger partial charge on any atom is 0.260 e. The van der Waals surface area contributed by atoms with Gasteiger partial charge in [0.2, 0.25) is 5.91 Å². The number of carbonyl (C=O) groups excluding carboxylic acids is 2. The van der Waals surface area contributed by atoms with Gasteiger partial charge in [-0.3, -0.25) is 14.5 Å². The molecule has 1 aromatic heterocycles. The highest BCUT2D eigenvalue weighted by atomic mass is 35.5. The maximum atomic E-state index is 12.8. The third-order valence-electron chi connectivity index (χ3n) is 3.77. The molecule has 2 heterocycles. The fourth-order valence-electron chi connectivity index (χ4n) is 2.54. The lowest BCUT2D eigenvalue weighted by molar-refractivity contribution is -0.127. The molecule has 2 amide bonds. The molecule has 0 bridgehead atoms. The Bertz CT molecular complexity index is 724. The summed E-state index contributed by atoms with van der Waals surface area (Å²) in [7, 11) is 0. The van der Waals surface area contributed by atoms with Gasteiger partial charge in [-0.2, -0.15) is 0 Å². The third kappa shape index (κ3) is 3.94. The smallest absolute Gasteiger partial charge is 0.260 e. The highest BCUT2D eigenvalue weighted by molar-refractivity contribution is 8.00. The number of hydrogen-bond donors (Lipinski definition) is 0. The Morgan fingerprint density at radius 2 is 1.88 bits per heavy atom. The Balaban J connectivity index is 1.78. The third-order valence-corrected chi connectivity index (χ3v) is 5.16. The van der Waals surface area contributed by atoms with Crippen molar-refractivity contribution in [3.8, 4) is 0 Å². The predicted octanol–water partition coefficient (Wildman–Crippen LogP) is 3.44. The van der Waals surface area contributed by atoms with Crippen molar-refractivity contribution in [2.24, 2.45) is 0 Å². The molecule has 1 fully saturated rings. The van der Waals surface area contributed by atoms with E-state index in [2.05, 4.69) is 9.97 Å². The largest absolute Gasteiger partial charge is 0.278 e. The molecule has 1 aliphatic heterocycles. The number of thioether (sulfide) groups is 1. The van der Waals surface area contributed by atoms with Gasteiger partial charge in [-0.05, 0) is 43.2 Å². The first-order chi connectivity index (χ1) is 11.6. The molecule has 5 nitrogen and oxygen atoms in total. The number of likely N-dealkylation sites (tertiary alicyclic amines) is 1. The number of imide groups is 1. The van der Waals surface area contributed by atoms with Gasteiger partial charge in [0.15, 0.2) is 5.16 Å². The predicted molar refractivity (Wildman–Crippen MR) is 93.0 cm³/mol. The molecule has 1 unspecified atom stereocenters. The van der Waals surface area contributed by atoms with Gasteiger partial charge in [0.1, 0.15) is 0 Å². The molecule has 3 rings (SSSR count). The molecular weight excluding hydrogens is 346 g/mol. The van der Waals surface area contributed by atoms with Crippen molar-refractivity contribution < 1.29 is 9.59 Å². The second-order valence-corrected chi connectivity index (χ2v) is 7.04. The van der Waals surface area contributed by atoms with Crippen LogP contribution < -0.4 is 0 Å². The second kappa shape index (κ2) is 7.77. The Morgan fingerprint density at radius 1 is 1.17 bits per heavy atom. The number of amides is 2. The fourth-order valence-corrected chi connectivity index (χ4v) is 3.68. The average molecular weight is 362 g/mol. The molecule has 1 atom stereocenters. The van der Waals surface area contributed by atoms with Crippen LogP contribution in [0.5, 0.6) is 0 Å². The molecule has 1 aliphatic rings. The summed E-state index contributed by atoms with van der Waals surface area (Å²) in [4.78, 5) is 35.2. The van der Waals surface area contributed by atoms with Crippen molar-refractivity contribution in [1.82, 2.24) is 14.9 Å². The van der Waals surface area contributed by atoms with Crippen LogP contribution in [0.1, 0.15) is 29.6 Å². The number of halogens is 1. The van der Waals surface area contributed by atoms with Crippen LogP contribution in [0.15, 0.2) is 47.9 Å². The van der Waals surface area contributed by atoms with Gasteiger partial charge in [-0.1, -0.05) is 29.8 Å². The fraction of sp³-hybridized carbons (Fsp3) is 0.294. The maximum absolute atomic E-state index is 12.8. The van der Waals surface area contributed by atoms with Crippen LogP contribution in [0, 0.1) is 0 Å². The first-order valence-corrected chi connectivity index (χ1v) is 8.96. The molecule has 0 radical (unpaired) electrons. The molecule has 0 N–H and O–H groups in total. The van der Waals surface area contributed by atoms with Gasteiger partial charge >= 0.3 is 0 Å². The summed E-state index contributed by atoms with van der Waals surface area (Å²) in [6, 6.07) is 8.33. The lowest BCUT2D eigenvalue weighted by Crippen LogP contribution is -2.41. The highest BCUT2D eigenvalue weighted by Crippen LogP contribution is 2.28. The normalized spacial score (nSPS) is 18.3. The Labute approximate surface area is 149 Å². The SMILES string of the molecule is O=C(c1ccc(Cl)cc1)N1CCCCC(Sc2ncccn2)C1=O. The monoisotopic (exact) mass is 361 g/mol. The first-order valence-electron chi connectivity index (χ1n) is 7.70. The minimum atomic E-state index is -0.342. The van der Waals surface area contributed by atoms with Gasteiger partial charge in [0.05, 0.1) is 5.25 Å². The topological polar surface area (TPSA) is 63.2 Å². The van der Waals surface area contributed by atoms with E-state index in [0.717, 1.165) is 12.8 Å².